The molecule has 0 aromatic carbocycles. The minimum Gasteiger partial charge on any atom is -0.478 e. The zero-order chi connectivity index (χ0) is 14.0. The summed E-state index contributed by atoms with van der Waals surface area (Å²) in [5, 5.41) is 8.80. The summed E-state index contributed by atoms with van der Waals surface area (Å²) in [6.07, 6.45) is 8.20. The van der Waals surface area contributed by atoms with Gasteiger partial charge in [-0.05, 0) is 20.3 Å². The second kappa shape index (κ2) is 8.95. The van der Waals surface area contributed by atoms with Crippen molar-refractivity contribution in [2.45, 2.75) is 77.7 Å². The minimum absolute atomic E-state index is 0.310. The molecule has 4 heteroatoms. The Morgan fingerprint density at radius 3 is 2.00 bits per heavy atom. The summed E-state index contributed by atoms with van der Waals surface area (Å²) < 4.78 is 4.91. The first-order chi connectivity index (χ1) is 8.40. The van der Waals surface area contributed by atoms with E-state index in [1.165, 1.54) is 39.5 Å². The fourth-order valence-corrected chi connectivity index (χ4v) is 1.61. The number of carbonyl (C=O) groups excluding carboxylic acids is 1. The summed E-state index contributed by atoms with van der Waals surface area (Å²) in [4.78, 5) is 22.2. The van der Waals surface area contributed by atoms with E-state index in [9.17, 15) is 9.59 Å². The Hall–Kier alpha value is -1.06. The predicted molar refractivity (Wildman–Crippen MR) is 70.4 cm³/mol. The van der Waals surface area contributed by atoms with E-state index < -0.39 is 17.5 Å². The molecule has 0 bridgehead atoms. The van der Waals surface area contributed by atoms with Gasteiger partial charge in [-0.2, -0.15) is 0 Å². The SMILES string of the molecule is CCCCCCCCCC(=O)OC(C)(C)C(=O)O. The van der Waals surface area contributed by atoms with Gasteiger partial charge in [-0.3, -0.25) is 4.79 Å². The molecule has 0 fully saturated rings. The third-order valence-electron chi connectivity index (χ3n) is 2.87. The maximum absolute atomic E-state index is 11.4. The Morgan fingerprint density at radius 2 is 1.50 bits per heavy atom. The minimum atomic E-state index is -1.42. The van der Waals surface area contributed by atoms with Crippen molar-refractivity contribution in [1.82, 2.24) is 0 Å². The van der Waals surface area contributed by atoms with Gasteiger partial charge in [0.25, 0.3) is 0 Å². The molecule has 18 heavy (non-hydrogen) atoms. The maximum atomic E-state index is 11.4. The van der Waals surface area contributed by atoms with Gasteiger partial charge in [0.1, 0.15) is 0 Å². The molecule has 0 saturated heterocycles. The molecule has 0 rings (SSSR count). The van der Waals surface area contributed by atoms with E-state index in [1.807, 2.05) is 0 Å². The number of ether oxygens (including phenoxy) is 1. The van der Waals surface area contributed by atoms with Crippen LogP contribution in [0.2, 0.25) is 0 Å². The van der Waals surface area contributed by atoms with Crippen LogP contribution in [0.3, 0.4) is 0 Å². The van der Waals surface area contributed by atoms with Crippen molar-refractivity contribution in [1.29, 1.82) is 0 Å². The number of carbonyl (C=O) groups is 2. The molecular formula is C14H26O4. The summed E-state index contributed by atoms with van der Waals surface area (Å²) in [5.74, 6) is -1.54. The Kier molecular flexibility index (Phi) is 8.42. The van der Waals surface area contributed by atoms with Gasteiger partial charge in [-0.15, -0.1) is 0 Å². The lowest BCUT2D eigenvalue weighted by Gasteiger charge is -2.19. The molecule has 0 heterocycles. The normalized spacial score (nSPS) is 11.3. The molecule has 0 spiro atoms. The first kappa shape index (κ1) is 16.9. The largest absolute Gasteiger partial charge is 0.478 e. The zero-order valence-corrected chi connectivity index (χ0v) is 11.8. The van der Waals surface area contributed by atoms with Gasteiger partial charge in [-0.25, -0.2) is 4.79 Å². The molecule has 0 aliphatic carbocycles. The molecule has 0 aromatic rings. The number of rotatable bonds is 10. The topological polar surface area (TPSA) is 63.6 Å². The second-order valence-corrected chi connectivity index (χ2v) is 5.16. The molecule has 106 valence electrons. The number of unbranched alkanes of at least 4 members (excludes halogenated alkanes) is 6. The predicted octanol–water partition coefficient (Wildman–Crippen LogP) is 3.53. The van der Waals surface area contributed by atoms with Crippen LogP contribution in [-0.4, -0.2) is 22.6 Å². The van der Waals surface area contributed by atoms with Crippen LogP contribution >= 0.6 is 0 Å². The summed E-state index contributed by atoms with van der Waals surface area (Å²) in [5.41, 5.74) is -1.42. The van der Waals surface area contributed by atoms with E-state index in [-0.39, 0.29) is 0 Å². The van der Waals surface area contributed by atoms with Gasteiger partial charge in [0.05, 0.1) is 0 Å². The fraction of sp³-hybridized carbons (Fsp3) is 0.857. The number of esters is 1. The maximum Gasteiger partial charge on any atom is 0.347 e. The summed E-state index contributed by atoms with van der Waals surface area (Å²) >= 11 is 0. The molecule has 0 atom stereocenters. The molecular weight excluding hydrogens is 232 g/mol. The fourth-order valence-electron chi connectivity index (χ4n) is 1.61. The lowest BCUT2D eigenvalue weighted by Crippen LogP contribution is -2.36. The van der Waals surface area contributed by atoms with E-state index >= 15 is 0 Å². The molecule has 0 radical (unpaired) electrons. The second-order valence-electron chi connectivity index (χ2n) is 5.16. The first-order valence-corrected chi connectivity index (χ1v) is 6.85. The number of aliphatic carboxylic acids is 1. The highest BCUT2D eigenvalue weighted by Crippen LogP contribution is 2.13. The quantitative estimate of drug-likeness (QED) is 0.481. The van der Waals surface area contributed by atoms with Crippen LogP contribution in [0.5, 0.6) is 0 Å². The van der Waals surface area contributed by atoms with E-state index in [2.05, 4.69) is 6.92 Å². The van der Waals surface area contributed by atoms with Gasteiger partial charge in [0, 0.05) is 6.42 Å². The number of carboxylic acid groups (broad SMARTS) is 1. The number of carboxylic acids is 1. The van der Waals surface area contributed by atoms with E-state index in [1.54, 1.807) is 0 Å². The van der Waals surface area contributed by atoms with Gasteiger partial charge in [0.15, 0.2) is 0 Å². The lowest BCUT2D eigenvalue weighted by molar-refractivity contribution is -0.174. The Morgan fingerprint density at radius 1 is 1.00 bits per heavy atom. The van der Waals surface area contributed by atoms with Crippen LogP contribution in [0, 0.1) is 0 Å². The van der Waals surface area contributed by atoms with Crippen molar-refractivity contribution in [3.05, 3.63) is 0 Å². The van der Waals surface area contributed by atoms with E-state index in [0.29, 0.717) is 6.42 Å². The van der Waals surface area contributed by atoms with Crippen molar-refractivity contribution in [2.24, 2.45) is 0 Å². The van der Waals surface area contributed by atoms with Gasteiger partial charge >= 0.3 is 11.9 Å². The average Bonchev–Trinajstić information content (AvgIpc) is 2.27. The van der Waals surface area contributed by atoms with E-state index in [4.69, 9.17) is 9.84 Å². The van der Waals surface area contributed by atoms with Crippen molar-refractivity contribution >= 4 is 11.9 Å². The molecule has 1 N–H and O–H groups in total. The molecule has 4 nitrogen and oxygen atoms in total. The third-order valence-corrected chi connectivity index (χ3v) is 2.87. The van der Waals surface area contributed by atoms with E-state index in [0.717, 1.165) is 19.3 Å². The van der Waals surface area contributed by atoms with Crippen molar-refractivity contribution in [3.63, 3.8) is 0 Å². The average molecular weight is 258 g/mol. The Bertz CT molecular complexity index is 259. The van der Waals surface area contributed by atoms with Crippen LogP contribution < -0.4 is 0 Å². The van der Waals surface area contributed by atoms with Crippen molar-refractivity contribution < 1.29 is 19.4 Å². The molecule has 0 aliphatic heterocycles. The first-order valence-electron chi connectivity index (χ1n) is 6.85. The summed E-state index contributed by atoms with van der Waals surface area (Å²) in [6.45, 7) is 4.95. The summed E-state index contributed by atoms with van der Waals surface area (Å²) in [6, 6.07) is 0. The molecule has 0 saturated carbocycles. The molecule has 0 aromatic heterocycles. The third kappa shape index (κ3) is 8.09. The number of hydrogen-bond donors (Lipinski definition) is 1. The Labute approximate surface area is 110 Å². The monoisotopic (exact) mass is 258 g/mol. The highest BCUT2D eigenvalue weighted by Gasteiger charge is 2.31. The highest BCUT2D eigenvalue weighted by molar-refractivity contribution is 5.81. The van der Waals surface area contributed by atoms with Crippen molar-refractivity contribution in [3.8, 4) is 0 Å². The molecule has 0 amide bonds. The van der Waals surface area contributed by atoms with Crippen LogP contribution in [0.1, 0.15) is 72.1 Å². The number of hydrogen-bond acceptors (Lipinski definition) is 3. The van der Waals surface area contributed by atoms with Crippen LogP contribution in [0.25, 0.3) is 0 Å². The van der Waals surface area contributed by atoms with Crippen LogP contribution in [-0.2, 0) is 14.3 Å². The van der Waals surface area contributed by atoms with Gasteiger partial charge in [0.2, 0.25) is 5.60 Å². The van der Waals surface area contributed by atoms with Crippen molar-refractivity contribution in [2.75, 3.05) is 0 Å². The highest BCUT2D eigenvalue weighted by atomic mass is 16.6. The van der Waals surface area contributed by atoms with Gasteiger partial charge < -0.3 is 9.84 Å². The lowest BCUT2D eigenvalue weighted by atomic mass is 10.1. The van der Waals surface area contributed by atoms with Crippen LogP contribution in [0.4, 0.5) is 0 Å². The molecule has 0 aliphatic rings. The Balaban J connectivity index is 3.57. The molecule has 0 unspecified atom stereocenters. The zero-order valence-electron chi connectivity index (χ0n) is 11.8. The summed E-state index contributed by atoms with van der Waals surface area (Å²) in [7, 11) is 0. The van der Waals surface area contributed by atoms with Crippen LogP contribution in [0.15, 0.2) is 0 Å². The standard InChI is InChI=1S/C14H26O4/c1-4-5-6-7-8-9-10-11-12(15)18-14(2,3)13(16)17/h4-11H2,1-3H3,(H,16,17). The smallest absolute Gasteiger partial charge is 0.347 e. The van der Waals surface area contributed by atoms with Gasteiger partial charge in [-0.1, -0.05) is 45.4 Å².